The van der Waals surface area contributed by atoms with Crippen molar-refractivity contribution in [2.24, 2.45) is 0 Å². The Balaban J connectivity index is 2.13. The minimum atomic E-state index is -1.43. The standard InChI is InChI=1S/C19H23F2N3O4/c1-3-23-10-13(19(26)27)18(25)12-8-14(20)17(15(21)16(12)23)24-6-7-28-11(9-24)4-5-22-2/h8,10-11,22H,3-7,9H2,1-2H3,(H,26,27). The zero-order chi connectivity index (χ0) is 20.4. The van der Waals surface area contributed by atoms with Gasteiger partial charge in [-0.2, -0.15) is 0 Å². The first-order valence-corrected chi connectivity index (χ1v) is 9.18. The Morgan fingerprint density at radius 2 is 2.18 bits per heavy atom. The van der Waals surface area contributed by atoms with E-state index in [1.165, 1.54) is 4.57 Å². The number of carbonyl (C=O) groups is 1. The molecule has 3 rings (SSSR count). The quantitative estimate of drug-likeness (QED) is 0.776. The van der Waals surface area contributed by atoms with Crippen molar-refractivity contribution >= 4 is 22.6 Å². The van der Waals surface area contributed by atoms with Gasteiger partial charge in [0, 0.05) is 25.8 Å². The van der Waals surface area contributed by atoms with Gasteiger partial charge in [0.15, 0.2) is 5.82 Å². The van der Waals surface area contributed by atoms with E-state index in [0.717, 1.165) is 12.3 Å². The lowest BCUT2D eigenvalue weighted by atomic mass is 10.1. The lowest BCUT2D eigenvalue weighted by Gasteiger charge is -2.35. The third kappa shape index (κ3) is 3.59. The summed E-state index contributed by atoms with van der Waals surface area (Å²) in [7, 11) is 1.82. The highest BCUT2D eigenvalue weighted by Crippen LogP contribution is 2.31. The van der Waals surface area contributed by atoms with Crippen LogP contribution < -0.4 is 15.6 Å². The van der Waals surface area contributed by atoms with Crippen LogP contribution in [0.25, 0.3) is 10.9 Å². The van der Waals surface area contributed by atoms with Gasteiger partial charge in [0.05, 0.1) is 23.6 Å². The van der Waals surface area contributed by atoms with Gasteiger partial charge in [0.2, 0.25) is 5.43 Å². The maximum Gasteiger partial charge on any atom is 0.341 e. The van der Waals surface area contributed by atoms with E-state index in [1.807, 2.05) is 7.05 Å². The van der Waals surface area contributed by atoms with Crippen LogP contribution in [0.15, 0.2) is 17.1 Å². The number of hydrogen-bond donors (Lipinski definition) is 2. The van der Waals surface area contributed by atoms with E-state index in [0.29, 0.717) is 32.7 Å². The van der Waals surface area contributed by atoms with Crippen molar-refractivity contribution in [3.63, 3.8) is 0 Å². The molecule has 9 heteroatoms. The highest BCUT2D eigenvalue weighted by Gasteiger charge is 2.28. The summed E-state index contributed by atoms with van der Waals surface area (Å²) in [5.74, 6) is -3.18. The number of aryl methyl sites for hydroxylation is 1. The molecule has 2 heterocycles. The van der Waals surface area contributed by atoms with E-state index in [4.69, 9.17) is 4.74 Å². The van der Waals surface area contributed by atoms with Crippen LogP contribution in [-0.2, 0) is 11.3 Å². The third-order valence-corrected chi connectivity index (χ3v) is 4.97. The molecule has 1 fully saturated rings. The molecule has 1 saturated heterocycles. The summed E-state index contributed by atoms with van der Waals surface area (Å²) < 4.78 is 37.3. The molecule has 7 nitrogen and oxygen atoms in total. The second kappa shape index (κ2) is 8.24. The van der Waals surface area contributed by atoms with E-state index in [9.17, 15) is 19.1 Å². The lowest BCUT2D eigenvalue weighted by molar-refractivity contribution is 0.0353. The number of hydrogen-bond acceptors (Lipinski definition) is 5. The van der Waals surface area contributed by atoms with Crippen molar-refractivity contribution < 1.29 is 23.4 Å². The number of nitrogens with one attached hydrogen (secondary N) is 1. The molecule has 152 valence electrons. The predicted octanol–water partition coefficient (Wildman–Crippen LogP) is 1.81. The van der Waals surface area contributed by atoms with Crippen molar-refractivity contribution in [3.8, 4) is 0 Å². The van der Waals surface area contributed by atoms with E-state index < -0.39 is 28.6 Å². The SMILES string of the molecule is CCn1cc(C(=O)O)c(=O)c2cc(F)c(N3CCOC(CCNC)C3)c(F)c21. The summed E-state index contributed by atoms with van der Waals surface area (Å²) in [6, 6.07) is 0.937. The molecule has 1 unspecified atom stereocenters. The molecule has 28 heavy (non-hydrogen) atoms. The van der Waals surface area contributed by atoms with Crippen molar-refractivity contribution in [2.75, 3.05) is 38.2 Å². The van der Waals surface area contributed by atoms with Crippen LogP contribution in [0.1, 0.15) is 23.7 Å². The van der Waals surface area contributed by atoms with Crippen molar-refractivity contribution in [1.82, 2.24) is 9.88 Å². The fraction of sp³-hybridized carbons (Fsp3) is 0.474. The molecular weight excluding hydrogens is 372 g/mol. The zero-order valence-electron chi connectivity index (χ0n) is 15.8. The van der Waals surface area contributed by atoms with E-state index >= 15 is 4.39 Å². The van der Waals surface area contributed by atoms with Gasteiger partial charge in [0.25, 0.3) is 0 Å². The Kier molecular flexibility index (Phi) is 5.95. The highest BCUT2D eigenvalue weighted by atomic mass is 19.1. The maximum absolute atomic E-state index is 15.4. The lowest BCUT2D eigenvalue weighted by Crippen LogP contribution is -2.44. The number of ether oxygens (including phenoxy) is 1. The van der Waals surface area contributed by atoms with Crippen molar-refractivity contribution in [3.05, 3.63) is 39.7 Å². The Morgan fingerprint density at radius 1 is 1.43 bits per heavy atom. The fourth-order valence-corrected chi connectivity index (χ4v) is 3.57. The molecule has 0 saturated carbocycles. The Bertz CT molecular complexity index is 961. The first-order valence-electron chi connectivity index (χ1n) is 9.18. The number of nitrogens with zero attached hydrogens (tertiary/aromatic N) is 2. The maximum atomic E-state index is 15.4. The molecule has 0 bridgehead atoms. The van der Waals surface area contributed by atoms with Gasteiger partial charge in [-0.1, -0.05) is 0 Å². The number of halogens is 2. The van der Waals surface area contributed by atoms with E-state index in [1.54, 1.807) is 11.8 Å². The molecular formula is C19H23F2N3O4. The average Bonchev–Trinajstić information content (AvgIpc) is 2.67. The Labute approximate surface area is 160 Å². The van der Waals surface area contributed by atoms with Crippen LogP contribution in [-0.4, -0.2) is 55.0 Å². The second-order valence-electron chi connectivity index (χ2n) is 6.71. The number of aromatic nitrogens is 1. The van der Waals surface area contributed by atoms with Crippen LogP contribution in [0.2, 0.25) is 0 Å². The van der Waals surface area contributed by atoms with Gasteiger partial charge >= 0.3 is 5.97 Å². The van der Waals surface area contributed by atoms with Gasteiger partial charge < -0.3 is 24.6 Å². The molecule has 0 aliphatic carbocycles. The fourth-order valence-electron chi connectivity index (χ4n) is 3.57. The summed E-state index contributed by atoms with van der Waals surface area (Å²) in [5.41, 5.74) is -1.72. The number of anilines is 1. The topological polar surface area (TPSA) is 83.8 Å². The van der Waals surface area contributed by atoms with Gasteiger partial charge in [-0.3, -0.25) is 4.79 Å². The van der Waals surface area contributed by atoms with Crippen LogP contribution in [0.5, 0.6) is 0 Å². The Hall–Kier alpha value is -2.52. The minimum absolute atomic E-state index is 0.0906. The molecule has 0 amide bonds. The number of pyridine rings is 1. The van der Waals surface area contributed by atoms with Crippen LogP contribution in [0, 0.1) is 11.6 Å². The summed E-state index contributed by atoms with van der Waals surface area (Å²) in [4.78, 5) is 25.3. The number of morpholine rings is 1. The highest BCUT2D eigenvalue weighted by molar-refractivity contribution is 5.93. The largest absolute Gasteiger partial charge is 0.477 e. The molecule has 1 aliphatic rings. The minimum Gasteiger partial charge on any atom is -0.477 e. The molecule has 1 aliphatic heterocycles. The first kappa shape index (κ1) is 20.2. The Morgan fingerprint density at radius 3 is 2.82 bits per heavy atom. The number of benzene rings is 1. The number of carboxylic acids is 1. The van der Waals surface area contributed by atoms with Crippen LogP contribution in [0.3, 0.4) is 0 Å². The molecule has 1 atom stereocenters. The third-order valence-electron chi connectivity index (χ3n) is 4.97. The molecule has 2 aromatic rings. The molecule has 2 N–H and O–H groups in total. The summed E-state index contributed by atoms with van der Waals surface area (Å²) in [5, 5.41) is 12.0. The molecule has 1 aromatic carbocycles. The van der Waals surface area contributed by atoms with Crippen molar-refractivity contribution in [2.45, 2.75) is 26.0 Å². The predicted molar refractivity (Wildman–Crippen MR) is 101 cm³/mol. The molecule has 0 radical (unpaired) electrons. The number of rotatable bonds is 6. The van der Waals surface area contributed by atoms with Gasteiger partial charge in [-0.25, -0.2) is 13.6 Å². The summed E-state index contributed by atoms with van der Waals surface area (Å²) in [6.07, 6.45) is 1.64. The molecule has 1 aromatic heterocycles. The zero-order valence-corrected chi connectivity index (χ0v) is 15.8. The second-order valence-corrected chi connectivity index (χ2v) is 6.71. The average molecular weight is 395 g/mol. The monoisotopic (exact) mass is 395 g/mol. The van der Waals surface area contributed by atoms with Gasteiger partial charge in [0.1, 0.15) is 17.1 Å². The van der Waals surface area contributed by atoms with E-state index in [2.05, 4.69) is 5.32 Å². The van der Waals surface area contributed by atoms with Gasteiger partial charge in [-0.15, -0.1) is 0 Å². The number of aromatic carboxylic acids is 1. The molecule has 0 spiro atoms. The first-order chi connectivity index (χ1) is 13.4. The van der Waals surface area contributed by atoms with Crippen molar-refractivity contribution in [1.29, 1.82) is 0 Å². The van der Waals surface area contributed by atoms with Crippen LogP contribution in [0.4, 0.5) is 14.5 Å². The van der Waals surface area contributed by atoms with E-state index in [-0.39, 0.29) is 29.2 Å². The number of fused-ring (bicyclic) bond motifs is 1. The van der Waals surface area contributed by atoms with Gasteiger partial charge in [-0.05, 0) is 33.0 Å². The normalized spacial score (nSPS) is 17.3. The van der Waals surface area contributed by atoms with Crippen LogP contribution >= 0.6 is 0 Å². The number of carboxylic acid groups (broad SMARTS) is 1. The smallest absolute Gasteiger partial charge is 0.341 e. The summed E-state index contributed by atoms with van der Waals surface area (Å²) >= 11 is 0. The summed E-state index contributed by atoms with van der Waals surface area (Å²) in [6.45, 7) is 3.62.